The average Bonchev–Trinajstić information content (AvgIpc) is 2.70. The van der Waals surface area contributed by atoms with Crippen LogP contribution in [0, 0.1) is 0 Å². The highest BCUT2D eigenvalue weighted by Gasteiger charge is 2.10. The third-order valence-electron chi connectivity index (χ3n) is 4.03. The largest absolute Gasteiger partial charge is 0.497 e. The number of rotatable bonds is 6. The fourth-order valence-corrected chi connectivity index (χ4v) is 2.62. The van der Waals surface area contributed by atoms with Gasteiger partial charge in [-0.3, -0.25) is 4.79 Å². The molecule has 0 atom stereocenters. The van der Waals surface area contributed by atoms with Crippen molar-refractivity contribution < 1.29 is 19.0 Å². The first-order valence-electron chi connectivity index (χ1n) is 8.08. The Morgan fingerprint density at radius 2 is 1.73 bits per heavy atom. The maximum Gasteiger partial charge on any atom is 0.270 e. The van der Waals surface area contributed by atoms with Crippen LogP contribution in [-0.2, 0) is 6.54 Å². The Kier molecular flexibility index (Phi) is 5.22. The van der Waals surface area contributed by atoms with Crippen LogP contribution < -0.4 is 19.5 Å². The Hall–Kier alpha value is -3.28. The van der Waals surface area contributed by atoms with Crippen molar-refractivity contribution in [1.29, 1.82) is 0 Å². The van der Waals surface area contributed by atoms with Crippen LogP contribution in [0.1, 0.15) is 16.1 Å². The van der Waals surface area contributed by atoms with Crippen LogP contribution in [0.4, 0.5) is 0 Å². The third kappa shape index (κ3) is 3.69. The Balaban J connectivity index is 1.73. The highest BCUT2D eigenvalue weighted by Crippen LogP contribution is 2.27. The molecule has 0 spiro atoms. The summed E-state index contributed by atoms with van der Waals surface area (Å²) in [5.74, 6) is 1.79. The van der Waals surface area contributed by atoms with Crippen molar-refractivity contribution in [2.75, 3.05) is 21.3 Å². The lowest BCUT2D eigenvalue weighted by Crippen LogP contribution is -2.23. The van der Waals surface area contributed by atoms with E-state index in [1.807, 2.05) is 42.5 Å². The van der Waals surface area contributed by atoms with Crippen molar-refractivity contribution in [3.63, 3.8) is 0 Å². The van der Waals surface area contributed by atoms with Gasteiger partial charge in [0.2, 0.25) is 0 Å². The van der Waals surface area contributed by atoms with Crippen LogP contribution in [0.3, 0.4) is 0 Å². The van der Waals surface area contributed by atoms with E-state index in [1.54, 1.807) is 27.4 Å². The van der Waals surface area contributed by atoms with E-state index in [1.165, 1.54) is 0 Å². The van der Waals surface area contributed by atoms with Gasteiger partial charge in [0, 0.05) is 11.9 Å². The zero-order valence-electron chi connectivity index (χ0n) is 14.9. The van der Waals surface area contributed by atoms with Gasteiger partial charge in [0.15, 0.2) is 11.5 Å². The minimum Gasteiger partial charge on any atom is -0.497 e. The van der Waals surface area contributed by atoms with E-state index < -0.39 is 0 Å². The summed E-state index contributed by atoms with van der Waals surface area (Å²) in [7, 11) is 4.78. The first-order chi connectivity index (χ1) is 12.6. The summed E-state index contributed by atoms with van der Waals surface area (Å²) in [5, 5.41) is 3.79. The molecule has 3 aromatic rings. The van der Waals surface area contributed by atoms with E-state index in [2.05, 4.69) is 10.3 Å². The molecule has 0 saturated heterocycles. The second-order valence-electron chi connectivity index (χ2n) is 5.63. The van der Waals surface area contributed by atoms with Crippen LogP contribution in [-0.4, -0.2) is 32.2 Å². The Labute approximate surface area is 151 Å². The summed E-state index contributed by atoms with van der Waals surface area (Å²) in [6.07, 6.45) is 0. The Morgan fingerprint density at radius 3 is 2.46 bits per heavy atom. The highest BCUT2D eigenvalue weighted by atomic mass is 16.5. The van der Waals surface area contributed by atoms with E-state index >= 15 is 0 Å². The van der Waals surface area contributed by atoms with Crippen molar-refractivity contribution in [3.05, 3.63) is 59.8 Å². The summed E-state index contributed by atoms with van der Waals surface area (Å²) in [4.78, 5) is 16.8. The van der Waals surface area contributed by atoms with E-state index in [4.69, 9.17) is 14.2 Å². The molecule has 6 heteroatoms. The standard InChI is InChI=1S/C20H20N2O4/c1-24-15-6-8-16-14(11-15)5-7-17(22-16)20(23)21-12-13-4-9-18(25-2)19(10-13)26-3/h4-11H,12H2,1-3H3,(H,21,23). The van der Waals surface area contributed by atoms with Crippen LogP contribution in [0.5, 0.6) is 17.2 Å². The first kappa shape index (κ1) is 17.5. The molecule has 6 nitrogen and oxygen atoms in total. The van der Waals surface area contributed by atoms with Gasteiger partial charge < -0.3 is 19.5 Å². The number of amides is 1. The van der Waals surface area contributed by atoms with E-state index in [0.717, 1.165) is 22.2 Å². The first-order valence-corrected chi connectivity index (χ1v) is 8.08. The molecule has 0 aliphatic carbocycles. The topological polar surface area (TPSA) is 69.7 Å². The predicted octanol–water partition coefficient (Wildman–Crippen LogP) is 3.19. The molecule has 1 amide bonds. The molecule has 3 rings (SSSR count). The number of fused-ring (bicyclic) bond motifs is 1. The van der Waals surface area contributed by atoms with E-state index in [0.29, 0.717) is 23.7 Å². The van der Waals surface area contributed by atoms with Gasteiger partial charge in [0.05, 0.1) is 26.8 Å². The molecule has 1 aromatic heterocycles. The lowest BCUT2D eigenvalue weighted by molar-refractivity contribution is 0.0946. The molecular formula is C20H20N2O4. The van der Waals surface area contributed by atoms with Gasteiger partial charge in [-0.15, -0.1) is 0 Å². The Bertz CT molecular complexity index is 940. The lowest BCUT2D eigenvalue weighted by Gasteiger charge is -2.10. The average molecular weight is 352 g/mol. The zero-order valence-corrected chi connectivity index (χ0v) is 14.9. The maximum atomic E-state index is 12.4. The predicted molar refractivity (Wildman–Crippen MR) is 99.0 cm³/mol. The number of hydrogen-bond acceptors (Lipinski definition) is 5. The number of carbonyl (C=O) groups is 1. The van der Waals surface area contributed by atoms with Crippen molar-refractivity contribution in [3.8, 4) is 17.2 Å². The van der Waals surface area contributed by atoms with E-state index in [9.17, 15) is 4.79 Å². The number of aromatic nitrogens is 1. The van der Waals surface area contributed by atoms with Crippen LogP contribution in [0.2, 0.25) is 0 Å². The number of carbonyl (C=O) groups excluding carboxylic acids is 1. The van der Waals surface area contributed by atoms with Gasteiger partial charge in [0.1, 0.15) is 11.4 Å². The molecule has 0 unspecified atom stereocenters. The number of nitrogens with one attached hydrogen (secondary N) is 1. The lowest BCUT2D eigenvalue weighted by atomic mass is 10.1. The second kappa shape index (κ2) is 7.74. The van der Waals surface area contributed by atoms with Gasteiger partial charge in [-0.25, -0.2) is 4.98 Å². The molecule has 134 valence electrons. The minimum atomic E-state index is -0.238. The molecule has 0 radical (unpaired) electrons. The smallest absolute Gasteiger partial charge is 0.270 e. The summed E-state index contributed by atoms with van der Waals surface area (Å²) in [6, 6.07) is 14.6. The summed E-state index contributed by atoms with van der Waals surface area (Å²) in [6.45, 7) is 0.363. The van der Waals surface area contributed by atoms with Crippen LogP contribution >= 0.6 is 0 Å². The van der Waals surface area contributed by atoms with Gasteiger partial charge in [-0.05, 0) is 42.0 Å². The molecule has 0 bridgehead atoms. The third-order valence-corrected chi connectivity index (χ3v) is 4.03. The van der Waals surface area contributed by atoms with Gasteiger partial charge in [-0.1, -0.05) is 12.1 Å². The maximum absolute atomic E-state index is 12.4. The second-order valence-corrected chi connectivity index (χ2v) is 5.63. The summed E-state index contributed by atoms with van der Waals surface area (Å²) in [5.41, 5.74) is 2.01. The number of pyridine rings is 1. The highest BCUT2D eigenvalue weighted by molar-refractivity contribution is 5.95. The quantitative estimate of drug-likeness (QED) is 0.738. The van der Waals surface area contributed by atoms with Gasteiger partial charge >= 0.3 is 0 Å². The fraction of sp³-hybridized carbons (Fsp3) is 0.200. The molecule has 1 heterocycles. The number of methoxy groups -OCH3 is 3. The van der Waals surface area contributed by atoms with Crippen molar-refractivity contribution in [1.82, 2.24) is 10.3 Å². The normalized spacial score (nSPS) is 10.4. The molecule has 2 aromatic carbocycles. The van der Waals surface area contributed by atoms with Crippen molar-refractivity contribution in [2.24, 2.45) is 0 Å². The van der Waals surface area contributed by atoms with E-state index in [-0.39, 0.29) is 5.91 Å². The molecule has 26 heavy (non-hydrogen) atoms. The zero-order chi connectivity index (χ0) is 18.5. The van der Waals surface area contributed by atoms with Gasteiger partial charge in [-0.2, -0.15) is 0 Å². The molecule has 1 N–H and O–H groups in total. The monoisotopic (exact) mass is 352 g/mol. The number of nitrogens with zero attached hydrogens (tertiary/aromatic N) is 1. The SMILES string of the molecule is COc1ccc2nc(C(=O)NCc3ccc(OC)c(OC)c3)ccc2c1. The Morgan fingerprint density at radius 1 is 0.923 bits per heavy atom. The molecular weight excluding hydrogens is 332 g/mol. The molecule has 0 aliphatic rings. The molecule has 0 saturated carbocycles. The summed E-state index contributed by atoms with van der Waals surface area (Å²) < 4.78 is 15.7. The van der Waals surface area contributed by atoms with Crippen LogP contribution in [0.15, 0.2) is 48.5 Å². The fourth-order valence-electron chi connectivity index (χ4n) is 2.62. The number of hydrogen-bond donors (Lipinski definition) is 1. The van der Waals surface area contributed by atoms with Crippen molar-refractivity contribution >= 4 is 16.8 Å². The van der Waals surface area contributed by atoms with Crippen molar-refractivity contribution in [2.45, 2.75) is 6.54 Å². The molecule has 0 fully saturated rings. The number of ether oxygens (including phenoxy) is 3. The molecule has 0 aliphatic heterocycles. The van der Waals surface area contributed by atoms with Gasteiger partial charge in [0.25, 0.3) is 5.91 Å². The summed E-state index contributed by atoms with van der Waals surface area (Å²) >= 11 is 0. The number of benzene rings is 2. The minimum absolute atomic E-state index is 0.238. The van der Waals surface area contributed by atoms with Crippen LogP contribution in [0.25, 0.3) is 10.9 Å².